The summed E-state index contributed by atoms with van der Waals surface area (Å²) in [7, 11) is 0. The van der Waals surface area contributed by atoms with E-state index >= 15 is 0 Å². The Bertz CT molecular complexity index is 593. The molecule has 1 rings (SSSR count). The van der Waals surface area contributed by atoms with Crippen LogP contribution in [0.2, 0.25) is 5.65 Å². The molecular weight excluding hydrogens is 383 g/mol. The normalized spacial score (nSPS) is 61.5. The molecular formula is C8H14N2O4Pt. The van der Waals surface area contributed by atoms with Crippen molar-refractivity contribution in [3.05, 3.63) is 0 Å². The van der Waals surface area contributed by atoms with Gasteiger partial charge in [0.1, 0.15) is 5.65 Å². The van der Waals surface area contributed by atoms with Crippen LogP contribution in [0.25, 0.3) is 0 Å². The Hall–Kier alpha value is -0.452. The quantitative estimate of drug-likeness (QED) is 0.458. The minimum absolute atomic E-state index is 0. The maximum absolute atomic E-state index is 8.93. The molecule has 0 aliphatic heterocycles. The van der Waals surface area contributed by atoms with Gasteiger partial charge in [0.2, 0.25) is 0 Å². The van der Waals surface area contributed by atoms with Crippen molar-refractivity contribution < 1.29 is 60.2 Å². The van der Waals surface area contributed by atoms with Gasteiger partial charge in [-0.15, -0.1) is 0 Å². The van der Waals surface area contributed by atoms with Crippen LogP contribution >= 0.6 is 0 Å². The third-order valence-electron chi connectivity index (χ3n) is 0.815. The van der Waals surface area contributed by atoms with Gasteiger partial charge in [0, 0.05) is 25.7 Å². The van der Waals surface area contributed by atoms with Crippen molar-refractivity contribution in [3.8, 4) is 0 Å². The minimum atomic E-state index is -3.78. The van der Waals surface area contributed by atoms with E-state index < -0.39 is 60.9 Å². The molecule has 1 aliphatic rings. The summed E-state index contributed by atoms with van der Waals surface area (Å²) in [5, 5.41) is 17.9. The first kappa shape index (κ1) is 3.79. The monoisotopic (exact) mass is 411 g/mol. The summed E-state index contributed by atoms with van der Waals surface area (Å²) in [4.78, 5) is 17.9. The van der Waals surface area contributed by atoms with Crippen LogP contribution in [0.15, 0.2) is 0 Å². The Labute approximate surface area is 122 Å². The molecule has 15 heavy (non-hydrogen) atoms. The molecule has 0 unspecified atom stereocenters. The molecule has 0 saturated heterocycles. The molecule has 0 aromatic heterocycles. The first-order valence-electron chi connectivity index (χ1n) is 9.80. The SMILES string of the molecule is O=C([O-])C(=O)[O-].[2H]N([2H])[C@]1([2H])C([2H])([2H])C([2H])([2H])C([2H])([2H])C([2H])([2H])[C@@]1([2H])N([2H])[2H].[Pt+2]. The second-order valence-corrected chi connectivity index (χ2v) is 1.77. The average Bonchev–Trinajstić information content (AvgIpc) is 2.51. The Kier molecular flexibility index (Phi) is 2.23. The fourth-order valence-electron chi connectivity index (χ4n) is 0.299. The molecule has 6 nitrogen and oxygen atoms in total. The van der Waals surface area contributed by atoms with Crippen molar-refractivity contribution in [1.82, 2.24) is 0 Å². The van der Waals surface area contributed by atoms with Gasteiger partial charge in [0.15, 0.2) is 0 Å². The predicted octanol–water partition coefficient (Wildman–Crippen LogP) is -3.30. The molecule has 0 heterocycles. The number of aliphatic carboxylic acids is 2. The third-order valence-corrected chi connectivity index (χ3v) is 0.815. The van der Waals surface area contributed by atoms with E-state index in [0.29, 0.717) is 0 Å². The standard InChI is InChI=1S/C6H14N2.C2H2O4.Pt/c7-5-3-1-2-4-6(5)8;3-1(4)2(5)6;/h5-6H,1-4,7-8H2;(H,3,4)(H,5,6);/q;;+2/p-2/t5-,6-;;/m1../s1/i1D2,2D2,3D2,4D2,5D,6D;;/hD4. The van der Waals surface area contributed by atoms with Crippen LogP contribution in [0.3, 0.4) is 0 Å². The molecule has 0 aromatic rings. The van der Waals surface area contributed by atoms with E-state index in [9.17, 15) is 0 Å². The van der Waals surface area contributed by atoms with Gasteiger partial charge in [-0.2, -0.15) is 0 Å². The summed E-state index contributed by atoms with van der Waals surface area (Å²) >= 11 is 0. The van der Waals surface area contributed by atoms with Crippen LogP contribution in [0, 0.1) is 0 Å². The predicted molar refractivity (Wildman–Crippen MR) is 44.4 cm³/mol. The van der Waals surface area contributed by atoms with Crippen LogP contribution in [-0.4, -0.2) is 24.0 Å². The van der Waals surface area contributed by atoms with Crippen molar-refractivity contribution in [2.75, 3.05) is 0 Å². The fraction of sp³-hybridized carbons (Fsp3) is 0.750. The van der Waals surface area contributed by atoms with Gasteiger partial charge < -0.3 is 31.2 Å². The molecule has 90 valence electrons. The first-order chi connectivity index (χ1) is 12.0. The zero-order chi connectivity index (χ0) is 23.3. The van der Waals surface area contributed by atoms with Crippen molar-refractivity contribution in [2.45, 2.75) is 37.5 Å². The zero-order valence-corrected chi connectivity index (χ0v) is 9.12. The number of carbonyl (C=O) groups excluding carboxylic acids is 2. The van der Waals surface area contributed by atoms with E-state index in [0.717, 1.165) is 0 Å². The molecule has 1 fully saturated rings. The van der Waals surface area contributed by atoms with Gasteiger partial charge in [-0.1, -0.05) is 12.7 Å². The summed E-state index contributed by atoms with van der Waals surface area (Å²) < 4.78 is 106. The summed E-state index contributed by atoms with van der Waals surface area (Å²) in [5.41, 5.74) is -1.61. The average molecular weight is 411 g/mol. The molecule has 7 heteroatoms. The largest absolute Gasteiger partial charge is 2.00 e. The zero-order valence-electron chi connectivity index (χ0n) is 20.8. The van der Waals surface area contributed by atoms with E-state index in [2.05, 4.69) is 0 Å². The number of carbonyl (C=O) groups is 2. The van der Waals surface area contributed by atoms with Gasteiger partial charge in [0.05, 0.1) is 11.9 Å². The Morgan fingerprint density at radius 3 is 1.73 bits per heavy atom. The smallest absolute Gasteiger partial charge is 0.543 e. The Morgan fingerprint density at radius 1 is 1.20 bits per heavy atom. The van der Waals surface area contributed by atoms with E-state index in [4.69, 9.17) is 39.2 Å². The topological polar surface area (TPSA) is 132 Å². The second-order valence-electron chi connectivity index (χ2n) is 1.77. The number of nitrogens with two attached hydrogens (primary N) is 2. The van der Waals surface area contributed by atoms with Crippen molar-refractivity contribution in [1.29, 1.82) is 0 Å². The molecule has 0 radical (unpaired) electrons. The van der Waals surface area contributed by atoms with Gasteiger partial charge in [-0.05, 0) is 12.7 Å². The van der Waals surface area contributed by atoms with Crippen LogP contribution in [0.1, 0.15) is 39.2 Å². The van der Waals surface area contributed by atoms with Gasteiger partial charge in [0.25, 0.3) is 0 Å². The van der Waals surface area contributed by atoms with E-state index in [1.807, 2.05) is 0 Å². The van der Waals surface area contributed by atoms with Crippen LogP contribution < -0.4 is 21.7 Å². The second kappa shape index (κ2) is 8.82. The van der Waals surface area contributed by atoms with E-state index in [1.54, 1.807) is 0 Å². The van der Waals surface area contributed by atoms with Gasteiger partial charge in [-0.25, -0.2) is 0 Å². The number of rotatable bonds is 2. The first-order valence-corrected chi connectivity index (χ1v) is 3.01. The number of carboxylic acid groups (broad SMARTS) is 2. The summed E-state index contributed by atoms with van der Waals surface area (Å²) in [6, 6.07) is -7.50. The Balaban J connectivity index is 0. The molecule has 4 N–H and O–H groups in total. The molecule has 1 saturated carbocycles. The van der Waals surface area contributed by atoms with Crippen LogP contribution in [-0.2, 0) is 30.7 Å². The number of carboxylic acids is 2. The number of hydrogen-bond acceptors (Lipinski definition) is 6. The van der Waals surface area contributed by atoms with Crippen LogP contribution in [0.5, 0.6) is 0 Å². The summed E-state index contributed by atoms with van der Waals surface area (Å²) in [6.45, 7) is 0. The molecule has 2 atom stereocenters. The molecule has 0 spiro atoms. The molecule has 0 aromatic carbocycles. The molecule has 0 bridgehead atoms. The van der Waals surface area contributed by atoms with Crippen molar-refractivity contribution >= 4 is 11.9 Å². The van der Waals surface area contributed by atoms with Crippen molar-refractivity contribution in [2.24, 2.45) is 11.4 Å². The van der Waals surface area contributed by atoms with Crippen LogP contribution in [0.4, 0.5) is 0 Å². The Morgan fingerprint density at radius 2 is 1.53 bits per heavy atom. The van der Waals surface area contributed by atoms with Crippen molar-refractivity contribution in [3.63, 3.8) is 0 Å². The maximum Gasteiger partial charge on any atom is 2.00 e. The van der Waals surface area contributed by atoms with Gasteiger partial charge in [-0.3, -0.25) is 0 Å². The molecule has 0 amide bonds. The van der Waals surface area contributed by atoms with Gasteiger partial charge >= 0.3 is 21.1 Å². The summed E-state index contributed by atoms with van der Waals surface area (Å²) in [5.74, 6) is -4.37. The summed E-state index contributed by atoms with van der Waals surface area (Å²) in [6.07, 6.45) is -15.0. The van der Waals surface area contributed by atoms with E-state index in [-0.39, 0.29) is 21.1 Å². The number of hydrogen-bond donors (Lipinski definition) is 2. The maximum atomic E-state index is 8.93. The van der Waals surface area contributed by atoms with E-state index in [1.165, 1.54) is 0 Å². The third kappa shape index (κ3) is 8.54. The minimum Gasteiger partial charge on any atom is -0.543 e. The molecule has 1 aliphatic carbocycles. The fourth-order valence-corrected chi connectivity index (χ4v) is 0.299.